The van der Waals surface area contributed by atoms with E-state index in [1.54, 1.807) is 6.20 Å². The summed E-state index contributed by atoms with van der Waals surface area (Å²) in [6.07, 6.45) is 7.25. The number of hydrogen-bond acceptors (Lipinski definition) is 5. The second-order valence-electron chi connectivity index (χ2n) is 9.07. The van der Waals surface area contributed by atoms with Gasteiger partial charge < -0.3 is 19.8 Å². The van der Waals surface area contributed by atoms with E-state index < -0.39 is 0 Å². The molecule has 8 nitrogen and oxygen atoms in total. The molecular formula is C24H29N7O. The summed E-state index contributed by atoms with van der Waals surface area (Å²) in [6.45, 7) is 8.25. The predicted octanol–water partition coefficient (Wildman–Crippen LogP) is 4.14. The summed E-state index contributed by atoms with van der Waals surface area (Å²) in [6, 6.07) is 4.38. The molecule has 0 saturated carbocycles. The summed E-state index contributed by atoms with van der Waals surface area (Å²) >= 11 is 0. The molecule has 2 N–H and O–H groups in total. The van der Waals surface area contributed by atoms with Crippen LogP contribution in [0.4, 0.5) is 5.69 Å². The van der Waals surface area contributed by atoms with E-state index in [1.165, 1.54) is 0 Å². The van der Waals surface area contributed by atoms with Gasteiger partial charge in [-0.05, 0) is 65.9 Å². The number of imidazole rings is 1. The van der Waals surface area contributed by atoms with E-state index in [2.05, 4.69) is 61.7 Å². The SMILES string of the molecule is Cc1nc2cnc(-c3c[nH]c4ncc(NC(=O)C5CCN(C)CC5)cc34)cc2n1C(C)C. The van der Waals surface area contributed by atoms with Gasteiger partial charge in [0.05, 0.1) is 29.3 Å². The van der Waals surface area contributed by atoms with Crippen molar-refractivity contribution in [3.8, 4) is 11.3 Å². The van der Waals surface area contributed by atoms with Crippen molar-refractivity contribution in [3.63, 3.8) is 0 Å². The minimum atomic E-state index is 0.0521. The van der Waals surface area contributed by atoms with Crippen LogP contribution in [0.2, 0.25) is 0 Å². The number of likely N-dealkylation sites (tertiary alicyclic amines) is 1. The first-order valence-electron chi connectivity index (χ1n) is 11.2. The number of aromatic amines is 1. The minimum absolute atomic E-state index is 0.0521. The zero-order chi connectivity index (χ0) is 22.4. The van der Waals surface area contributed by atoms with E-state index >= 15 is 0 Å². The molecule has 0 spiro atoms. The maximum absolute atomic E-state index is 12.8. The first-order chi connectivity index (χ1) is 15.4. The number of nitrogens with zero attached hydrogens (tertiary/aromatic N) is 5. The third kappa shape index (κ3) is 3.64. The molecule has 8 heteroatoms. The number of anilines is 1. The van der Waals surface area contributed by atoms with Gasteiger partial charge in [-0.15, -0.1) is 0 Å². The molecule has 32 heavy (non-hydrogen) atoms. The Bertz CT molecular complexity index is 1290. The Morgan fingerprint density at radius 1 is 1.19 bits per heavy atom. The largest absolute Gasteiger partial charge is 0.345 e. The van der Waals surface area contributed by atoms with E-state index in [-0.39, 0.29) is 11.8 Å². The fourth-order valence-corrected chi connectivity index (χ4v) is 4.72. The zero-order valence-corrected chi connectivity index (χ0v) is 19.0. The molecular weight excluding hydrogens is 402 g/mol. The predicted molar refractivity (Wildman–Crippen MR) is 127 cm³/mol. The van der Waals surface area contributed by atoms with Crippen molar-refractivity contribution in [3.05, 3.63) is 36.5 Å². The summed E-state index contributed by atoms with van der Waals surface area (Å²) < 4.78 is 2.22. The Kier molecular flexibility index (Phi) is 5.17. The quantitative estimate of drug-likeness (QED) is 0.507. The van der Waals surface area contributed by atoms with Crippen LogP contribution in [0.3, 0.4) is 0 Å². The van der Waals surface area contributed by atoms with Crippen molar-refractivity contribution in [2.24, 2.45) is 5.92 Å². The van der Waals surface area contributed by atoms with Gasteiger partial charge in [0, 0.05) is 29.1 Å². The van der Waals surface area contributed by atoms with Gasteiger partial charge in [-0.1, -0.05) is 0 Å². The fourth-order valence-electron chi connectivity index (χ4n) is 4.72. The molecule has 0 aromatic carbocycles. The van der Waals surface area contributed by atoms with Crippen molar-refractivity contribution in [1.82, 2.24) is 29.4 Å². The number of carbonyl (C=O) groups excluding carboxylic acids is 1. The smallest absolute Gasteiger partial charge is 0.227 e. The molecule has 4 aromatic rings. The number of aryl methyl sites for hydroxylation is 1. The molecule has 0 bridgehead atoms. The van der Waals surface area contributed by atoms with Crippen molar-refractivity contribution >= 4 is 33.7 Å². The van der Waals surface area contributed by atoms with Crippen LogP contribution in [0.25, 0.3) is 33.3 Å². The number of piperidine rings is 1. The number of aromatic nitrogens is 5. The van der Waals surface area contributed by atoms with Crippen molar-refractivity contribution < 1.29 is 4.79 Å². The molecule has 1 saturated heterocycles. The lowest BCUT2D eigenvalue weighted by Gasteiger charge is -2.28. The lowest BCUT2D eigenvalue weighted by Crippen LogP contribution is -2.35. The van der Waals surface area contributed by atoms with Gasteiger partial charge in [0.2, 0.25) is 5.91 Å². The second-order valence-corrected chi connectivity index (χ2v) is 9.07. The van der Waals surface area contributed by atoms with Gasteiger partial charge in [0.25, 0.3) is 0 Å². The lowest BCUT2D eigenvalue weighted by atomic mass is 9.96. The molecule has 1 aliphatic rings. The number of rotatable bonds is 4. The third-order valence-corrected chi connectivity index (χ3v) is 6.43. The van der Waals surface area contributed by atoms with Crippen LogP contribution in [0.15, 0.2) is 30.7 Å². The first-order valence-corrected chi connectivity index (χ1v) is 11.2. The first kappa shape index (κ1) is 20.6. The van der Waals surface area contributed by atoms with Gasteiger partial charge in [-0.2, -0.15) is 0 Å². The van der Waals surface area contributed by atoms with E-state index in [1.807, 2.05) is 25.4 Å². The van der Waals surface area contributed by atoms with E-state index in [0.29, 0.717) is 11.7 Å². The number of amides is 1. The standard InChI is InChI=1S/C24H29N7O/c1-14(2)31-15(3)28-21-13-25-20(10-22(21)31)19-12-27-23-18(19)9-17(11-26-23)29-24(32)16-5-7-30(4)8-6-16/h9-14,16H,5-8H2,1-4H3,(H,26,27)(H,29,32). The van der Waals surface area contributed by atoms with Crippen LogP contribution >= 0.6 is 0 Å². The number of hydrogen-bond donors (Lipinski definition) is 2. The molecule has 5 rings (SSSR count). The van der Waals surface area contributed by atoms with Gasteiger partial charge in [-0.3, -0.25) is 9.78 Å². The maximum atomic E-state index is 12.8. The van der Waals surface area contributed by atoms with Crippen LogP contribution in [-0.4, -0.2) is 55.4 Å². The number of nitrogens with one attached hydrogen (secondary N) is 2. The average molecular weight is 432 g/mol. The summed E-state index contributed by atoms with van der Waals surface area (Å²) in [5, 5.41) is 4.01. The molecule has 166 valence electrons. The molecule has 1 fully saturated rings. The Balaban J connectivity index is 1.48. The number of pyridine rings is 2. The summed E-state index contributed by atoms with van der Waals surface area (Å²) in [5.74, 6) is 1.11. The van der Waals surface area contributed by atoms with Gasteiger partial charge in [0.1, 0.15) is 17.0 Å². The molecule has 0 atom stereocenters. The molecule has 1 amide bonds. The van der Waals surface area contributed by atoms with Crippen LogP contribution in [0.5, 0.6) is 0 Å². The van der Waals surface area contributed by atoms with Crippen molar-refractivity contribution in [2.75, 3.05) is 25.5 Å². The zero-order valence-electron chi connectivity index (χ0n) is 19.0. The molecule has 0 aliphatic carbocycles. The average Bonchev–Trinajstić information content (AvgIpc) is 3.33. The third-order valence-electron chi connectivity index (χ3n) is 6.43. The topological polar surface area (TPSA) is 91.7 Å². The number of H-pyrrole nitrogens is 1. The van der Waals surface area contributed by atoms with E-state index in [0.717, 1.165) is 65.1 Å². The Labute approximate surface area is 187 Å². The highest BCUT2D eigenvalue weighted by Crippen LogP contribution is 2.31. The molecule has 0 unspecified atom stereocenters. The highest BCUT2D eigenvalue weighted by molar-refractivity contribution is 5.99. The van der Waals surface area contributed by atoms with Crippen molar-refractivity contribution in [1.29, 1.82) is 0 Å². The second kappa shape index (κ2) is 8.02. The molecule has 4 aromatic heterocycles. The lowest BCUT2D eigenvalue weighted by molar-refractivity contribution is -0.121. The van der Waals surface area contributed by atoms with Crippen LogP contribution < -0.4 is 5.32 Å². The maximum Gasteiger partial charge on any atom is 0.227 e. The van der Waals surface area contributed by atoms with Crippen LogP contribution in [-0.2, 0) is 4.79 Å². The summed E-state index contributed by atoms with van der Waals surface area (Å²) in [5.41, 5.74) is 5.25. The van der Waals surface area contributed by atoms with E-state index in [9.17, 15) is 4.79 Å². The monoisotopic (exact) mass is 431 g/mol. The normalized spacial score (nSPS) is 15.8. The van der Waals surface area contributed by atoms with Crippen LogP contribution in [0.1, 0.15) is 38.6 Å². The Morgan fingerprint density at radius 3 is 2.72 bits per heavy atom. The van der Waals surface area contributed by atoms with Gasteiger partial charge in [-0.25, -0.2) is 9.97 Å². The summed E-state index contributed by atoms with van der Waals surface area (Å²) in [4.78, 5) is 32.1. The highest BCUT2D eigenvalue weighted by Gasteiger charge is 2.23. The number of fused-ring (bicyclic) bond motifs is 2. The van der Waals surface area contributed by atoms with Crippen molar-refractivity contribution in [2.45, 2.75) is 39.7 Å². The van der Waals surface area contributed by atoms with E-state index in [4.69, 9.17) is 0 Å². The highest BCUT2D eigenvalue weighted by atomic mass is 16.1. The Hall–Kier alpha value is -3.26. The molecule has 5 heterocycles. The van der Waals surface area contributed by atoms with Gasteiger partial charge >= 0.3 is 0 Å². The fraction of sp³-hybridized carbons (Fsp3) is 0.417. The Morgan fingerprint density at radius 2 is 1.97 bits per heavy atom. The van der Waals surface area contributed by atoms with Crippen LogP contribution in [0, 0.1) is 12.8 Å². The van der Waals surface area contributed by atoms with Gasteiger partial charge in [0.15, 0.2) is 0 Å². The summed E-state index contributed by atoms with van der Waals surface area (Å²) in [7, 11) is 2.10. The molecule has 0 radical (unpaired) electrons. The number of carbonyl (C=O) groups is 1. The minimum Gasteiger partial charge on any atom is -0.345 e. The molecule has 1 aliphatic heterocycles.